The maximum atomic E-state index is 12.0. The first-order valence-electron chi connectivity index (χ1n) is 11.2. The standard InChI is InChI=1S/C23H39N5O3.HI/c1-19(2)18-31-21-7-5-20(6-8-21)9-10-26-23(24-3)28-14-12-27(13-15-28)17-22(29)25-11-16-30-4;/h5-8,19H,9-18H2,1-4H3,(H,24,26)(H,25,29);1H. The first-order chi connectivity index (χ1) is 15.0. The number of hydrogen-bond acceptors (Lipinski definition) is 5. The van der Waals surface area contributed by atoms with Crippen molar-refractivity contribution >= 4 is 35.8 Å². The lowest BCUT2D eigenvalue weighted by molar-refractivity contribution is -0.122. The number of rotatable bonds is 11. The molecule has 8 nitrogen and oxygen atoms in total. The fourth-order valence-electron chi connectivity index (χ4n) is 3.34. The predicted octanol–water partition coefficient (Wildman–Crippen LogP) is 1.84. The number of nitrogens with zero attached hydrogens (tertiary/aromatic N) is 3. The average Bonchev–Trinajstić information content (AvgIpc) is 2.77. The highest BCUT2D eigenvalue weighted by atomic mass is 127. The number of nitrogens with one attached hydrogen (secondary N) is 2. The number of ether oxygens (including phenoxy) is 2. The van der Waals surface area contributed by atoms with Crippen molar-refractivity contribution in [1.82, 2.24) is 20.4 Å². The summed E-state index contributed by atoms with van der Waals surface area (Å²) in [5.74, 6) is 2.41. The van der Waals surface area contributed by atoms with Crippen LogP contribution >= 0.6 is 24.0 Å². The van der Waals surface area contributed by atoms with Crippen LogP contribution < -0.4 is 15.4 Å². The average molecular weight is 562 g/mol. The largest absolute Gasteiger partial charge is 0.493 e. The van der Waals surface area contributed by atoms with Crippen molar-refractivity contribution in [2.24, 2.45) is 10.9 Å². The normalized spacial score (nSPS) is 14.8. The Labute approximate surface area is 210 Å². The Morgan fingerprint density at radius 3 is 2.38 bits per heavy atom. The molecule has 0 bridgehead atoms. The Morgan fingerprint density at radius 2 is 1.78 bits per heavy atom. The lowest BCUT2D eigenvalue weighted by atomic mass is 10.1. The predicted molar refractivity (Wildman–Crippen MR) is 140 cm³/mol. The van der Waals surface area contributed by atoms with Crippen molar-refractivity contribution in [3.8, 4) is 5.75 Å². The van der Waals surface area contributed by atoms with Gasteiger partial charge in [-0.3, -0.25) is 14.7 Å². The topological polar surface area (TPSA) is 78.4 Å². The van der Waals surface area contributed by atoms with Crippen LogP contribution in [-0.4, -0.2) is 94.9 Å². The van der Waals surface area contributed by atoms with Crippen molar-refractivity contribution in [2.45, 2.75) is 20.3 Å². The monoisotopic (exact) mass is 561 g/mol. The maximum Gasteiger partial charge on any atom is 0.234 e. The zero-order chi connectivity index (χ0) is 22.5. The van der Waals surface area contributed by atoms with E-state index in [4.69, 9.17) is 9.47 Å². The van der Waals surface area contributed by atoms with Gasteiger partial charge in [0.05, 0.1) is 19.8 Å². The fraction of sp³-hybridized carbons (Fsp3) is 0.652. The Bertz CT molecular complexity index is 677. The van der Waals surface area contributed by atoms with Gasteiger partial charge in [0.15, 0.2) is 5.96 Å². The van der Waals surface area contributed by atoms with Gasteiger partial charge >= 0.3 is 0 Å². The van der Waals surface area contributed by atoms with Gasteiger partial charge in [0.2, 0.25) is 5.91 Å². The van der Waals surface area contributed by atoms with Gasteiger partial charge in [-0.25, -0.2) is 0 Å². The maximum absolute atomic E-state index is 12.0. The molecule has 2 rings (SSSR count). The summed E-state index contributed by atoms with van der Waals surface area (Å²) in [7, 11) is 3.45. The van der Waals surface area contributed by atoms with Gasteiger partial charge in [-0.15, -0.1) is 24.0 Å². The van der Waals surface area contributed by atoms with Crippen LogP contribution in [0.25, 0.3) is 0 Å². The third-order valence-electron chi connectivity index (χ3n) is 5.08. The number of hydrogen-bond donors (Lipinski definition) is 2. The van der Waals surface area contributed by atoms with Gasteiger partial charge in [0.25, 0.3) is 0 Å². The van der Waals surface area contributed by atoms with E-state index >= 15 is 0 Å². The van der Waals surface area contributed by atoms with Crippen LogP contribution in [0.3, 0.4) is 0 Å². The number of halogens is 1. The minimum Gasteiger partial charge on any atom is -0.493 e. The van der Waals surface area contributed by atoms with E-state index in [2.05, 4.69) is 51.4 Å². The number of carbonyl (C=O) groups excluding carboxylic acids is 1. The molecule has 9 heteroatoms. The Morgan fingerprint density at radius 1 is 1.09 bits per heavy atom. The highest BCUT2D eigenvalue weighted by molar-refractivity contribution is 14.0. The summed E-state index contributed by atoms with van der Waals surface area (Å²) < 4.78 is 10.7. The summed E-state index contributed by atoms with van der Waals surface area (Å²) in [6.07, 6.45) is 0.922. The minimum atomic E-state index is 0. The number of aliphatic imine (C=N–C) groups is 1. The molecule has 1 fully saturated rings. The summed E-state index contributed by atoms with van der Waals surface area (Å²) in [4.78, 5) is 20.8. The molecule has 1 aromatic carbocycles. The summed E-state index contributed by atoms with van der Waals surface area (Å²) >= 11 is 0. The molecule has 0 aromatic heterocycles. The van der Waals surface area contributed by atoms with Crippen LogP contribution in [0.5, 0.6) is 5.75 Å². The molecule has 1 saturated heterocycles. The molecule has 0 spiro atoms. The molecule has 1 aliphatic rings. The second kappa shape index (κ2) is 16.1. The number of piperazine rings is 1. The van der Waals surface area contributed by atoms with Gasteiger partial charge in [-0.05, 0) is 30.0 Å². The lowest BCUT2D eigenvalue weighted by Crippen LogP contribution is -2.54. The van der Waals surface area contributed by atoms with Crippen LogP contribution in [0, 0.1) is 5.92 Å². The molecule has 0 unspecified atom stereocenters. The van der Waals surface area contributed by atoms with E-state index in [0.29, 0.717) is 25.6 Å². The molecule has 1 heterocycles. The molecule has 0 saturated carbocycles. The molecule has 2 N–H and O–H groups in total. The number of benzene rings is 1. The molecule has 182 valence electrons. The van der Waals surface area contributed by atoms with Gasteiger partial charge < -0.3 is 25.0 Å². The van der Waals surface area contributed by atoms with E-state index in [0.717, 1.165) is 57.5 Å². The van der Waals surface area contributed by atoms with Gasteiger partial charge in [0.1, 0.15) is 5.75 Å². The van der Waals surface area contributed by atoms with Crippen LogP contribution in [0.15, 0.2) is 29.3 Å². The minimum absolute atomic E-state index is 0. The molecule has 0 aliphatic carbocycles. The van der Waals surface area contributed by atoms with E-state index in [9.17, 15) is 4.79 Å². The highest BCUT2D eigenvalue weighted by Gasteiger charge is 2.20. The second-order valence-electron chi connectivity index (χ2n) is 8.18. The quantitative estimate of drug-likeness (QED) is 0.186. The van der Waals surface area contributed by atoms with Crippen LogP contribution in [0.2, 0.25) is 0 Å². The number of carbonyl (C=O) groups is 1. The second-order valence-corrected chi connectivity index (χ2v) is 8.18. The Kier molecular flexibility index (Phi) is 14.3. The van der Waals surface area contributed by atoms with E-state index in [1.165, 1.54) is 5.56 Å². The summed E-state index contributed by atoms with van der Waals surface area (Å²) in [5, 5.41) is 6.34. The Balaban J connectivity index is 0.00000512. The zero-order valence-electron chi connectivity index (χ0n) is 19.9. The van der Waals surface area contributed by atoms with Crippen molar-refractivity contribution in [3.63, 3.8) is 0 Å². The first kappa shape index (κ1) is 28.4. The fourth-order valence-corrected chi connectivity index (χ4v) is 3.34. The number of guanidine groups is 1. The van der Waals surface area contributed by atoms with Gasteiger partial charge in [-0.1, -0.05) is 26.0 Å². The molecular weight excluding hydrogens is 521 g/mol. The van der Waals surface area contributed by atoms with Crippen molar-refractivity contribution in [2.75, 3.05) is 73.2 Å². The van der Waals surface area contributed by atoms with Crippen LogP contribution in [0.4, 0.5) is 0 Å². The highest BCUT2D eigenvalue weighted by Crippen LogP contribution is 2.13. The van der Waals surface area contributed by atoms with E-state index in [1.807, 2.05) is 19.2 Å². The van der Waals surface area contributed by atoms with Gasteiger partial charge in [0, 0.05) is 53.4 Å². The molecular formula is C23H40IN5O3. The third-order valence-corrected chi connectivity index (χ3v) is 5.08. The summed E-state index contributed by atoms with van der Waals surface area (Å²) in [6.45, 7) is 10.8. The molecule has 0 atom stereocenters. The lowest BCUT2D eigenvalue weighted by Gasteiger charge is -2.36. The van der Waals surface area contributed by atoms with E-state index in [-0.39, 0.29) is 29.9 Å². The van der Waals surface area contributed by atoms with E-state index < -0.39 is 0 Å². The summed E-state index contributed by atoms with van der Waals surface area (Å²) in [6, 6.07) is 8.32. The first-order valence-corrected chi connectivity index (χ1v) is 11.2. The molecule has 1 aromatic rings. The van der Waals surface area contributed by atoms with Gasteiger partial charge in [-0.2, -0.15) is 0 Å². The van der Waals surface area contributed by atoms with Crippen molar-refractivity contribution < 1.29 is 14.3 Å². The van der Waals surface area contributed by atoms with Crippen LogP contribution in [0.1, 0.15) is 19.4 Å². The molecule has 1 amide bonds. The SMILES string of the molecule is CN=C(NCCc1ccc(OCC(C)C)cc1)N1CCN(CC(=O)NCCOC)CC1.I. The smallest absolute Gasteiger partial charge is 0.234 e. The molecule has 32 heavy (non-hydrogen) atoms. The van der Waals surface area contributed by atoms with E-state index in [1.54, 1.807) is 7.11 Å². The Hall–Kier alpha value is -1.59. The number of amides is 1. The molecule has 1 aliphatic heterocycles. The van der Waals surface area contributed by atoms with Crippen LogP contribution in [-0.2, 0) is 16.0 Å². The molecule has 0 radical (unpaired) electrons. The van der Waals surface area contributed by atoms with Crippen molar-refractivity contribution in [3.05, 3.63) is 29.8 Å². The summed E-state index contributed by atoms with van der Waals surface area (Å²) in [5.41, 5.74) is 1.27. The van der Waals surface area contributed by atoms with Crippen molar-refractivity contribution in [1.29, 1.82) is 0 Å². The zero-order valence-corrected chi connectivity index (χ0v) is 22.3. The number of methoxy groups -OCH3 is 1. The third kappa shape index (κ3) is 10.8.